The Hall–Kier alpha value is -2.28. The zero-order chi connectivity index (χ0) is 16.4. The Kier molecular flexibility index (Phi) is 4.38. The van der Waals surface area contributed by atoms with Gasteiger partial charge in [-0.3, -0.25) is 9.48 Å². The average Bonchev–Trinajstić information content (AvgIpc) is 3.16. The van der Waals surface area contributed by atoms with Crippen LogP contribution in [0.5, 0.6) is 0 Å². The Morgan fingerprint density at radius 1 is 1.39 bits per heavy atom. The van der Waals surface area contributed by atoms with Gasteiger partial charge in [0.15, 0.2) is 0 Å². The molecule has 0 saturated carbocycles. The summed E-state index contributed by atoms with van der Waals surface area (Å²) in [5, 5.41) is 13.9. The highest BCUT2D eigenvalue weighted by Gasteiger charge is 2.36. The summed E-state index contributed by atoms with van der Waals surface area (Å²) in [6, 6.07) is 4.28. The highest BCUT2D eigenvalue weighted by molar-refractivity contribution is 5.77. The summed E-state index contributed by atoms with van der Waals surface area (Å²) in [5.41, 5.74) is 0.106. The SMILES string of the molecule is O=C(CCn1cccn1)N1C[C@H](O)C[C@H]1c1cc(F)ccc1F. The monoisotopic (exact) mass is 321 g/mol. The first-order valence-electron chi connectivity index (χ1n) is 7.44. The van der Waals surface area contributed by atoms with Crippen molar-refractivity contribution >= 4 is 5.91 Å². The number of aliphatic hydroxyl groups is 1. The summed E-state index contributed by atoms with van der Waals surface area (Å²) >= 11 is 0. The van der Waals surface area contributed by atoms with Crippen LogP contribution in [0.25, 0.3) is 0 Å². The van der Waals surface area contributed by atoms with Crippen molar-refractivity contribution in [2.45, 2.75) is 31.5 Å². The van der Waals surface area contributed by atoms with E-state index in [9.17, 15) is 18.7 Å². The lowest BCUT2D eigenvalue weighted by atomic mass is 10.0. The number of aliphatic hydroxyl groups excluding tert-OH is 1. The van der Waals surface area contributed by atoms with Gasteiger partial charge in [0.1, 0.15) is 11.6 Å². The number of aryl methyl sites for hydroxylation is 1. The molecule has 0 aliphatic carbocycles. The lowest BCUT2D eigenvalue weighted by Crippen LogP contribution is -2.32. The van der Waals surface area contributed by atoms with E-state index >= 15 is 0 Å². The Labute approximate surface area is 132 Å². The summed E-state index contributed by atoms with van der Waals surface area (Å²) in [6.45, 7) is 0.523. The minimum absolute atomic E-state index is 0.106. The Morgan fingerprint density at radius 3 is 2.96 bits per heavy atom. The van der Waals surface area contributed by atoms with E-state index in [-0.39, 0.29) is 30.9 Å². The van der Waals surface area contributed by atoms with E-state index in [0.29, 0.717) is 6.54 Å². The molecule has 2 aromatic rings. The first-order chi connectivity index (χ1) is 11.0. The molecular formula is C16H17F2N3O2. The third-order valence-electron chi connectivity index (χ3n) is 4.03. The fourth-order valence-electron chi connectivity index (χ4n) is 2.94. The largest absolute Gasteiger partial charge is 0.391 e. The molecule has 1 aliphatic heterocycles. The first-order valence-corrected chi connectivity index (χ1v) is 7.44. The lowest BCUT2D eigenvalue weighted by Gasteiger charge is -2.25. The maximum Gasteiger partial charge on any atom is 0.225 e. The fraction of sp³-hybridized carbons (Fsp3) is 0.375. The molecule has 0 spiro atoms. The molecule has 1 fully saturated rings. The highest BCUT2D eigenvalue weighted by atomic mass is 19.1. The van der Waals surface area contributed by atoms with Crippen LogP contribution in [0.2, 0.25) is 0 Å². The van der Waals surface area contributed by atoms with Crippen LogP contribution in [0.15, 0.2) is 36.7 Å². The second-order valence-electron chi connectivity index (χ2n) is 5.64. The van der Waals surface area contributed by atoms with Crippen LogP contribution in [-0.2, 0) is 11.3 Å². The predicted molar refractivity (Wildman–Crippen MR) is 78.3 cm³/mol. The molecule has 1 aromatic heterocycles. The second kappa shape index (κ2) is 6.45. The van der Waals surface area contributed by atoms with E-state index in [2.05, 4.69) is 5.10 Å². The average molecular weight is 321 g/mol. The molecule has 7 heteroatoms. The van der Waals surface area contributed by atoms with Gasteiger partial charge in [0.2, 0.25) is 5.91 Å². The topological polar surface area (TPSA) is 58.4 Å². The molecule has 0 bridgehead atoms. The van der Waals surface area contributed by atoms with Crippen LogP contribution in [0, 0.1) is 11.6 Å². The zero-order valence-corrected chi connectivity index (χ0v) is 12.4. The predicted octanol–water partition coefficient (Wildman–Crippen LogP) is 1.89. The van der Waals surface area contributed by atoms with Gasteiger partial charge in [0.05, 0.1) is 12.1 Å². The van der Waals surface area contributed by atoms with E-state index in [1.807, 2.05) is 0 Å². The number of amides is 1. The minimum Gasteiger partial charge on any atom is -0.391 e. The summed E-state index contributed by atoms with van der Waals surface area (Å²) < 4.78 is 29.0. The summed E-state index contributed by atoms with van der Waals surface area (Å²) in [6.07, 6.45) is 3.01. The van der Waals surface area contributed by atoms with Gasteiger partial charge < -0.3 is 10.0 Å². The van der Waals surface area contributed by atoms with Crippen molar-refractivity contribution in [2.24, 2.45) is 0 Å². The third-order valence-corrected chi connectivity index (χ3v) is 4.03. The van der Waals surface area contributed by atoms with Crippen molar-refractivity contribution in [3.8, 4) is 0 Å². The van der Waals surface area contributed by atoms with Crippen LogP contribution in [0.1, 0.15) is 24.4 Å². The van der Waals surface area contributed by atoms with E-state index in [0.717, 1.165) is 18.2 Å². The van der Waals surface area contributed by atoms with Gasteiger partial charge >= 0.3 is 0 Å². The van der Waals surface area contributed by atoms with Crippen LogP contribution in [0.3, 0.4) is 0 Å². The lowest BCUT2D eigenvalue weighted by molar-refractivity contribution is -0.132. The number of carbonyl (C=O) groups is 1. The highest BCUT2D eigenvalue weighted by Crippen LogP contribution is 2.34. The number of nitrogens with zero attached hydrogens (tertiary/aromatic N) is 3. The van der Waals surface area contributed by atoms with Gasteiger partial charge in [0, 0.05) is 37.5 Å². The van der Waals surface area contributed by atoms with E-state index in [4.69, 9.17) is 0 Å². The number of halogens is 2. The van der Waals surface area contributed by atoms with E-state index in [1.54, 1.807) is 23.1 Å². The number of β-amino-alcohol motifs (C(OH)–C–C–N with tert-alkyl or cyclic N) is 1. The van der Waals surface area contributed by atoms with Gasteiger partial charge in [-0.1, -0.05) is 0 Å². The summed E-state index contributed by atoms with van der Waals surface area (Å²) in [7, 11) is 0. The maximum absolute atomic E-state index is 14.0. The maximum atomic E-state index is 14.0. The molecule has 2 heterocycles. The van der Waals surface area contributed by atoms with Crippen molar-refractivity contribution in [3.05, 3.63) is 53.9 Å². The van der Waals surface area contributed by atoms with Gasteiger partial charge in [-0.25, -0.2) is 8.78 Å². The van der Waals surface area contributed by atoms with Gasteiger partial charge in [-0.15, -0.1) is 0 Å². The molecule has 1 saturated heterocycles. The number of aromatic nitrogens is 2. The molecule has 0 radical (unpaired) electrons. The third kappa shape index (κ3) is 3.39. The van der Waals surface area contributed by atoms with Gasteiger partial charge in [0.25, 0.3) is 0 Å². The van der Waals surface area contributed by atoms with E-state index < -0.39 is 23.8 Å². The van der Waals surface area contributed by atoms with Crippen LogP contribution < -0.4 is 0 Å². The molecule has 0 unspecified atom stereocenters. The van der Waals surface area contributed by atoms with Crippen LogP contribution in [-0.4, -0.2) is 38.3 Å². The quantitative estimate of drug-likeness (QED) is 0.935. The Bertz CT molecular complexity index is 691. The van der Waals surface area contributed by atoms with Crippen molar-refractivity contribution in [1.29, 1.82) is 0 Å². The second-order valence-corrected chi connectivity index (χ2v) is 5.64. The number of rotatable bonds is 4. The van der Waals surface area contributed by atoms with Crippen molar-refractivity contribution < 1.29 is 18.7 Å². The van der Waals surface area contributed by atoms with Gasteiger partial charge in [-0.2, -0.15) is 5.10 Å². The number of likely N-dealkylation sites (tertiary alicyclic amines) is 1. The molecule has 1 aromatic carbocycles. The minimum atomic E-state index is -0.740. The first kappa shape index (κ1) is 15.6. The zero-order valence-electron chi connectivity index (χ0n) is 12.4. The number of carbonyl (C=O) groups excluding carboxylic acids is 1. The molecule has 1 aliphatic rings. The smallest absolute Gasteiger partial charge is 0.225 e. The standard InChI is InChI=1S/C16H17F2N3O2/c17-11-2-3-14(18)13(8-11)15-9-12(22)10-21(15)16(23)4-7-20-6-1-5-19-20/h1-3,5-6,8,12,15,22H,4,7,9-10H2/t12-,15+/m1/s1. The Balaban J connectivity index is 1.76. The molecule has 23 heavy (non-hydrogen) atoms. The Morgan fingerprint density at radius 2 is 2.22 bits per heavy atom. The number of benzene rings is 1. The molecule has 122 valence electrons. The summed E-state index contributed by atoms with van der Waals surface area (Å²) in [4.78, 5) is 13.8. The van der Waals surface area contributed by atoms with Gasteiger partial charge in [-0.05, 0) is 30.7 Å². The fourth-order valence-corrected chi connectivity index (χ4v) is 2.94. The van der Waals surface area contributed by atoms with Crippen LogP contribution in [0.4, 0.5) is 8.78 Å². The molecule has 3 rings (SSSR count). The van der Waals surface area contributed by atoms with Crippen molar-refractivity contribution in [2.75, 3.05) is 6.54 Å². The molecule has 1 amide bonds. The number of hydrogen-bond donors (Lipinski definition) is 1. The van der Waals surface area contributed by atoms with E-state index in [1.165, 1.54) is 4.90 Å². The molecular weight excluding hydrogens is 304 g/mol. The number of hydrogen-bond acceptors (Lipinski definition) is 3. The molecule has 1 N–H and O–H groups in total. The molecule has 2 atom stereocenters. The van der Waals surface area contributed by atoms with Crippen LogP contribution >= 0.6 is 0 Å². The summed E-state index contributed by atoms with van der Waals surface area (Å²) in [5.74, 6) is -1.35. The van der Waals surface area contributed by atoms with Crippen molar-refractivity contribution in [1.82, 2.24) is 14.7 Å². The normalized spacial score (nSPS) is 20.9. The molecule has 5 nitrogen and oxygen atoms in total. The van der Waals surface area contributed by atoms with Crippen molar-refractivity contribution in [3.63, 3.8) is 0 Å².